The van der Waals surface area contributed by atoms with E-state index in [1.165, 1.54) is 13.0 Å². The van der Waals surface area contributed by atoms with Crippen LogP contribution in [0.1, 0.15) is 11.1 Å². The molecule has 0 spiro atoms. The number of rotatable bonds is 3. The van der Waals surface area contributed by atoms with E-state index < -0.39 is 27.6 Å². The Kier molecular flexibility index (Phi) is 4.59. The molecule has 2 rings (SSSR count). The van der Waals surface area contributed by atoms with Crippen molar-refractivity contribution >= 4 is 27.3 Å². The highest BCUT2D eigenvalue weighted by Gasteiger charge is 2.30. The van der Waals surface area contributed by atoms with E-state index in [9.17, 15) is 26.0 Å². The largest absolute Gasteiger partial charge is 0.416 e. The summed E-state index contributed by atoms with van der Waals surface area (Å²) in [4.78, 5) is -0.372. The molecule has 0 radical (unpaired) electrons. The predicted octanol–water partition coefficient (Wildman–Crippen LogP) is 4.61. The molecule has 23 heavy (non-hydrogen) atoms. The Bertz CT molecular complexity index is 833. The van der Waals surface area contributed by atoms with Crippen molar-refractivity contribution in [2.75, 3.05) is 4.72 Å². The molecular weight excluding hydrogens is 358 g/mol. The zero-order valence-electron chi connectivity index (χ0n) is 11.6. The van der Waals surface area contributed by atoms with Crippen LogP contribution >= 0.6 is 11.6 Å². The second-order valence-corrected chi connectivity index (χ2v) is 6.80. The van der Waals surface area contributed by atoms with Crippen LogP contribution in [0.15, 0.2) is 41.3 Å². The van der Waals surface area contributed by atoms with Crippen LogP contribution in [0.5, 0.6) is 0 Å². The average molecular weight is 368 g/mol. The van der Waals surface area contributed by atoms with Gasteiger partial charge in [0.2, 0.25) is 0 Å². The SMILES string of the molecule is Cc1cc(NS(=O)(=O)c2ccc(C(F)(F)F)cc2)c(Cl)cc1F. The van der Waals surface area contributed by atoms with E-state index in [4.69, 9.17) is 11.6 Å². The summed E-state index contributed by atoms with van der Waals surface area (Å²) in [7, 11) is -4.15. The topological polar surface area (TPSA) is 46.2 Å². The van der Waals surface area contributed by atoms with Crippen LogP contribution in [0.3, 0.4) is 0 Å². The van der Waals surface area contributed by atoms with E-state index in [0.717, 1.165) is 18.2 Å². The first kappa shape index (κ1) is 17.6. The Hall–Kier alpha value is -1.80. The van der Waals surface area contributed by atoms with Crippen molar-refractivity contribution < 1.29 is 26.0 Å². The Labute approximate surface area is 134 Å². The summed E-state index contributed by atoms with van der Waals surface area (Å²) >= 11 is 5.76. The summed E-state index contributed by atoms with van der Waals surface area (Å²) in [5.41, 5.74) is -0.864. The number of hydrogen-bond acceptors (Lipinski definition) is 2. The van der Waals surface area contributed by atoms with Crippen molar-refractivity contribution in [3.8, 4) is 0 Å². The number of hydrogen-bond donors (Lipinski definition) is 1. The van der Waals surface area contributed by atoms with Gasteiger partial charge in [-0.05, 0) is 48.9 Å². The molecule has 2 aromatic carbocycles. The first-order chi connectivity index (χ1) is 10.5. The minimum Gasteiger partial charge on any atom is -0.278 e. The van der Waals surface area contributed by atoms with Gasteiger partial charge in [-0.2, -0.15) is 13.2 Å². The first-order valence-electron chi connectivity index (χ1n) is 6.16. The summed E-state index contributed by atoms with van der Waals surface area (Å²) < 4.78 is 77.2. The summed E-state index contributed by atoms with van der Waals surface area (Å²) in [6, 6.07) is 5.11. The zero-order chi connectivity index (χ0) is 17.4. The molecule has 0 amide bonds. The van der Waals surface area contributed by atoms with Gasteiger partial charge in [0.05, 0.1) is 21.2 Å². The molecule has 0 saturated carbocycles. The monoisotopic (exact) mass is 367 g/mol. The minimum atomic E-state index is -4.56. The highest BCUT2D eigenvalue weighted by molar-refractivity contribution is 7.92. The fraction of sp³-hybridized carbons (Fsp3) is 0.143. The van der Waals surface area contributed by atoms with Crippen molar-refractivity contribution in [3.63, 3.8) is 0 Å². The summed E-state index contributed by atoms with van der Waals surface area (Å²) in [5.74, 6) is -0.604. The number of benzene rings is 2. The molecule has 0 unspecified atom stereocenters. The minimum absolute atomic E-state index is 0.0644. The summed E-state index contributed by atoms with van der Waals surface area (Å²) in [5, 5.41) is -0.163. The van der Waals surface area contributed by atoms with Gasteiger partial charge in [0.25, 0.3) is 10.0 Å². The number of aryl methyl sites for hydroxylation is 1. The molecule has 0 atom stereocenters. The van der Waals surface area contributed by atoms with Crippen molar-refractivity contribution in [3.05, 3.63) is 58.4 Å². The summed E-state index contributed by atoms with van der Waals surface area (Å²) in [6.07, 6.45) is -4.56. The van der Waals surface area contributed by atoms with Gasteiger partial charge < -0.3 is 0 Å². The average Bonchev–Trinajstić information content (AvgIpc) is 2.44. The van der Waals surface area contributed by atoms with Crippen LogP contribution in [0, 0.1) is 12.7 Å². The maximum atomic E-state index is 13.3. The van der Waals surface area contributed by atoms with Crippen LogP contribution in [0.25, 0.3) is 0 Å². The number of nitrogens with one attached hydrogen (secondary N) is 1. The van der Waals surface area contributed by atoms with E-state index in [1.807, 2.05) is 0 Å². The Morgan fingerprint density at radius 2 is 1.65 bits per heavy atom. The molecule has 0 fully saturated rings. The molecule has 0 aromatic heterocycles. The standard InChI is InChI=1S/C14H10ClF4NO2S/c1-8-6-13(11(15)7-12(8)16)20-23(21,22)10-4-2-9(3-5-10)14(17,18)19/h2-7,20H,1H3. The molecular formula is C14H10ClF4NO2S. The fourth-order valence-corrected chi connectivity index (χ4v) is 3.09. The van der Waals surface area contributed by atoms with Gasteiger partial charge in [-0.15, -0.1) is 0 Å². The smallest absolute Gasteiger partial charge is 0.278 e. The van der Waals surface area contributed by atoms with E-state index in [-0.39, 0.29) is 21.2 Å². The van der Waals surface area contributed by atoms with Gasteiger partial charge in [-0.25, -0.2) is 12.8 Å². The number of anilines is 1. The summed E-state index contributed by atoms with van der Waals surface area (Å²) in [6.45, 7) is 1.42. The quantitative estimate of drug-likeness (QED) is 0.805. The lowest BCUT2D eigenvalue weighted by Crippen LogP contribution is -2.14. The molecule has 0 bridgehead atoms. The van der Waals surface area contributed by atoms with Crippen LogP contribution < -0.4 is 4.72 Å². The van der Waals surface area contributed by atoms with Gasteiger partial charge in [-0.1, -0.05) is 11.6 Å². The van der Waals surface area contributed by atoms with Crippen LogP contribution in [0.4, 0.5) is 23.2 Å². The Balaban J connectivity index is 2.34. The van der Waals surface area contributed by atoms with Crippen LogP contribution in [-0.4, -0.2) is 8.42 Å². The molecule has 0 saturated heterocycles. The number of halogens is 5. The number of alkyl halides is 3. The highest BCUT2D eigenvalue weighted by atomic mass is 35.5. The third kappa shape index (κ3) is 3.94. The molecule has 9 heteroatoms. The second kappa shape index (κ2) is 6.01. The lowest BCUT2D eigenvalue weighted by atomic mass is 10.2. The third-order valence-corrected chi connectivity index (χ3v) is 4.68. The molecule has 2 aromatic rings. The van der Waals surface area contributed by atoms with Crippen molar-refractivity contribution in [1.82, 2.24) is 0 Å². The van der Waals surface area contributed by atoms with Gasteiger partial charge in [0.1, 0.15) is 5.82 Å². The first-order valence-corrected chi connectivity index (χ1v) is 8.02. The second-order valence-electron chi connectivity index (χ2n) is 4.71. The lowest BCUT2D eigenvalue weighted by molar-refractivity contribution is -0.137. The van der Waals surface area contributed by atoms with Gasteiger partial charge >= 0.3 is 6.18 Å². The van der Waals surface area contributed by atoms with Gasteiger partial charge in [-0.3, -0.25) is 4.72 Å². The van der Waals surface area contributed by atoms with Crippen molar-refractivity contribution in [1.29, 1.82) is 0 Å². The molecule has 0 aliphatic rings. The molecule has 124 valence electrons. The molecule has 0 aliphatic heterocycles. The molecule has 0 aliphatic carbocycles. The maximum Gasteiger partial charge on any atom is 0.416 e. The van der Waals surface area contributed by atoms with E-state index in [1.54, 1.807) is 0 Å². The van der Waals surface area contributed by atoms with Crippen molar-refractivity contribution in [2.24, 2.45) is 0 Å². The third-order valence-electron chi connectivity index (χ3n) is 2.98. The lowest BCUT2D eigenvalue weighted by Gasteiger charge is -2.12. The van der Waals surface area contributed by atoms with E-state index in [2.05, 4.69) is 4.72 Å². The normalized spacial score (nSPS) is 12.3. The highest BCUT2D eigenvalue weighted by Crippen LogP contribution is 2.31. The van der Waals surface area contributed by atoms with Gasteiger partial charge in [0, 0.05) is 0 Å². The number of sulfonamides is 1. The predicted molar refractivity (Wildman–Crippen MR) is 78.4 cm³/mol. The Morgan fingerprint density at radius 3 is 2.17 bits per heavy atom. The van der Waals surface area contributed by atoms with Gasteiger partial charge in [0.15, 0.2) is 0 Å². The molecule has 0 heterocycles. The molecule has 1 N–H and O–H groups in total. The Morgan fingerprint density at radius 1 is 1.09 bits per heavy atom. The van der Waals surface area contributed by atoms with Crippen LogP contribution in [-0.2, 0) is 16.2 Å². The zero-order valence-corrected chi connectivity index (χ0v) is 13.2. The van der Waals surface area contributed by atoms with Crippen LogP contribution in [0.2, 0.25) is 5.02 Å². The van der Waals surface area contributed by atoms with Crippen molar-refractivity contribution in [2.45, 2.75) is 18.0 Å². The van der Waals surface area contributed by atoms with E-state index >= 15 is 0 Å². The maximum absolute atomic E-state index is 13.3. The fourth-order valence-electron chi connectivity index (χ4n) is 1.76. The van der Waals surface area contributed by atoms with E-state index in [0.29, 0.717) is 12.1 Å². The molecule has 3 nitrogen and oxygen atoms in total.